The van der Waals surface area contributed by atoms with Gasteiger partial charge in [-0.15, -0.1) is 0 Å². The van der Waals surface area contributed by atoms with Crippen molar-refractivity contribution in [2.24, 2.45) is 5.92 Å². The van der Waals surface area contributed by atoms with Gasteiger partial charge in [-0.1, -0.05) is 77.6 Å². The Labute approximate surface area is 152 Å². The first-order valence-corrected chi connectivity index (χ1v) is 10.1. The summed E-state index contributed by atoms with van der Waals surface area (Å²) in [6, 6.07) is 0. The van der Waals surface area contributed by atoms with Crippen molar-refractivity contribution in [2.45, 2.75) is 103 Å². The Morgan fingerprint density at radius 3 is 1.43 bits per heavy atom. The van der Waals surface area contributed by atoms with Gasteiger partial charge in [-0.3, -0.25) is 9.59 Å². The van der Waals surface area contributed by atoms with E-state index in [2.05, 4.69) is 6.92 Å². The van der Waals surface area contributed by atoms with Crippen LogP contribution in [0.15, 0.2) is 0 Å². The first-order chi connectivity index (χ1) is 11.0. The van der Waals surface area contributed by atoms with E-state index in [1.165, 1.54) is 64.2 Å². The highest BCUT2D eigenvalue weighted by Crippen LogP contribution is 2.17. The van der Waals surface area contributed by atoms with Crippen LogP contribution in [0.1, 0.15) is 103 Å². The zero-order valence-corrected chi connectivity index (χ0v) is 16.3. The monoisotopic (exact) mass is 364 g/mol. The summed E-state index contributed by atoms with van der Waals surface area (Å²) in [5.74, 6) is 0.617. The Balaban J connectivity index is 3.13. The van der Waals surface area contributed by atoms with Crippen LogP contribution in [0.4, 0.5) is 0 Å². The Bertz CT molecular complexity index is 306. The predicted molar refractivity (Wildman–Crippen MR) is 100 cm³/mol. The highest BCUT2D eigenvalue weighted by Gasteiger charge is 2.04. The molecule has 4 heteroatoms. The molecule has 0 aromatic rings. The number of hydrogen-bond acceptors (Lipinski definition) is 2. The van der Waals surface area contributed by atoms with Crippen LogP contribution in [0, 0.1) is 5.92 Å². The van der Waals surface area contributed by atoms with Gasteiger partial charge in [-0.25, -0.2) is 0 Å². The molecule has 0 aliphatic heterocycles. The molecule has 136 valence electrons. The van der Waals surface area contributed by atoms with Crippen molar-refractivity contribution in [3.8, 4) is 0 Å². The summed E-state index contributed by atoms with van der Waals surface area (Å²) in [6.07, 6.45) is 17.0. The molecule has 0 saturated carbocycles. The second-order valence-corrected chi connectivity index (χ2v) is 7.62. The average Bonchev–Trinajstić information content (AvgIpc) is 2.49. The lowest BCUT2D eigenvalue weighted by molar-refractivity contribution is -0.112. The fraction of sp³-hybridized carbons (Fsp3) is 0.895. The Morgan fingerprint density at radius 2 is 1.00 bits per heavy atom. The van der Waals surface area contributed by atoms with Crippen LogP contribution in [0.3, 0.4) is 0 Å². The van der Waals surface area contributed by atoms with E-state index >= 15 is 0 Å². The molecule has 0 radical (unpaired) electrons. The minimum Gasteiger partial charge on any atom is -0.281 e. The van der Waals surface area contributed by atoms with E-state index in [9.17, 15) is 9.59 Å². The summed E-state index contributed by atoms with van der Waals surface area (Å²) in [5, 5.41) is -0.406. The van der Waals surface area contributed by atoms with Crippen LogP contribution in [-0.2, 0) is 9.59 Å². The summed E-state index contributed by atoms with van der Waals surface area (Å²) in [5.41, 5.74) is 0. The van der Waals surface area contributed by atoms with Crippen molar-refractivity contribution >= 4 is 33.7 Å². The minimum absolute atomic E-state index is 0.202. The minimum atomic E-state index is -0.204. The van der Waals surface area contributed by atoms with Gasteiger partial charge in [0.05, 0.1) is 0 Å². The number of rotatable bonds is 17. The third-order valence-electron chi connectivity index (χ3n) is 4.40. The highest BCUT2D eigenvalue weighted by atomic mass is 35.5. The first kappa shape index (κ1) is 22.9. The molecule has 0 saturated heterocycles. The molecule has 0 fully saturated rings. The lowest BCUT2D eigenvalue weighted by Crippen LogP contribution is -1.97. The van der Waals surface area contributed by atoms with E-state index in [1.807, 2.05) is 0 Å². The third-order valence-corrected chi connectivity index (χ3v) is 4.78. The Hall–Kier alpha value is -0.0800. The van der Waals surface area contributed by atoms with E-state index in [0.717, 1.165) is 19.3 Å². The highest BCUT2D eigenvalue weighted by molar-refractivity contribution is 6.63. The van der Waals surface area contributed by atoms with Crippen LogP contribution < -0.4 is 0 Å². The largest absolute Gasteiger partial charge is 0.281 e. The van der Waals surface area contributed by atoms with Crippen LogP contribution in [0.2, 0.25) is 0 Å². The van der Waals surface area contributed by atoms with Gasteiger partial charge in [0.1, 0.15) is 0 Å². The molecule has 0 heterocycles. The van der Waals surface area contributed by atoms with E-state index in [-0.39, 0.29) is 10.5 Å². The fourth-order valence-electron chi connectivity index (χ4n) is 2.85. The van der Waals surface area contributed by atoms with Gasteiger partial charge >= 0.3 is 0 Å². The first-order valence-electron chi connectivity index (χ1n) is 9.39. The number of hydrogen-bond donors (Lipinski definition) is 0. The topological polar surface area (TPSA) is 34.1 Å². The standard InChI is InChI=1S/C19H34Cl2O2/c1-17(15-16-19(21)23)13-11-9-7-5-3-2-4-6-8-10-12-14-18(20)22/h17H,2-16H2,1H3. The van der Waals surface area contributed by atoms with Gasteiger partial charge in [0.25, 0.3) is 0 Å². The molecule has 23 heavy (non-hydrogen) atoms. The van der Waals surface area contributed by atoms with Crippen LogP contribution in [0.5, 0.6) is 0 Å². The van der Waals surface area contributed by atoms with Gasteiger partial charge in [0.15, 0.2) is 0 Å². The van der Waals surface area contributed by atoms with E-state index in [1.54, 1.807) is 0 Å². The zero-order chi connectivity index (χ0) is 17.3. The molecular formula is C19H34Cl2O2. The molecule has 1 atom stereocenters. The fourth-order valence-corrected chi connectivity index (χ4v) is 3.09. The summed E-state index contributed by atoms with van der Waals surface area (Å²) < 4.78 is 0. The molecule has 0 aromatic carbocycles. The van der Waals surface area contributed by atoms with E-state index < -0.39 is 0 Å². The number of carbonyl (C=O) groups excluding carboxylic acids is 2. The second-order valence-electron chi connectivity index (χ2n) is 6.78. The lowest BCUT2D eigenvalue weighted by Gasteiger charge is -2.09. The van der Waals surface area contributed by atoms with Crippen LogP contribution in [0.25, 0.3) is 0 Å². The summed E-state index contributed by atoms with van der Waals surface area (Å²) in [7, 11) is 0. The number of halogens is 2. The van der Waals surface area contributed by atoms with Crippen molar-refractivity contribution in [3.63, 3.8) is 0 Å². The molecule has 0 spiro atoms. The molecule has 1 unspecified atom stereocenters. The van der Waals surface area contributed by atoms with Crippen LogP contribution >= 0.6 is 23.2 Å². The molecule has 0 rings (SSSR count). The zero-order valence-electron chi connectivity index (χ0n) is 14.8. The smallest absolute Gasteiger partial charge is 0.221 e. The molecule has 0 amide bonds. The summed E-state index contributed by atoms with van der Waals surface area (Å²) >= 11 is 10.7. The van der Waals surface area contributed by atoms with E-state index in [4.69, 9.17) is 23.2 Å². The van der Waals surface area contributed by atoms with E-state index in [0.29, 0.717) is 18.8 Å². The van der Waals surface area contributed by atoms with Gasteiger partial charge in [0.2, 0.25) is 10.5 Å². The number of carbonyl (C=O) groups is 2. The quantitative estimate of drug-likeness (QED) is 0.205. The Kier molecular flexibility index (Phi) is 16.7. The third kappa shape index (κ3) is 19.9. The maximum Gasteiger partial charge on any atom is 0.221 e. The van der Waals surface area contributed by atoms with Crippen molar-refractivity contribution in [1.29, 1.82) is 0 Å². The second kappa shape index (κ2) is 16.8. The number of unbranched alkanes of at least 4 members (excludes halogenated alkanes) is 10. The molecular weight excluding hydrogens is 331 g/mol. The van der Waals surface area contributed by atoms with Gasteiger partial charge in [-0.2, -0.15) is 0 Å². The van der Waals surface area contributed by atoms with Crippen molar-refractivity contribution in [1.82, 2.24) is 0 Å². The molecule has 0 bridgehead atoms. The summed E-state index contributed by atoms with van der Waals surface area (Å²) in [6.45, 7) is 2.21. The normalized spacial score (nSPS) is 12.3. The molecule has 0 aromatic heterocycles. The predicted octanol–water partition coefficient (Wildman–Crippen LogP) is 7.00. The summed E-state index contributed by atoms with van der Waals surface area (Å²) in [4.78, 5) is 21.3. The van der Waals surface area contributed by atoms with Crippen LogP contribution in [-0.4, -0.2) is 10.5 Å². The van der Waals surface area contributed by atoms with Gasteiger partial charge in [-0.05, 0) is 42.0 Å². The lowest BCUT2D eigenvalue weighted by atomic mass is 9.97. The molecule has 2 nitrogen and oxygen atoms in total. The van der Waals surface area contributed by atoms with Crippen molar-refractivity contribution in [3.05, 3.63) is 0 Å². The van der Waals surface area contributed by atoms with Crippen molar-refractivity contribution in [2.75, 3.05) is 0 Å². The molecule has 0 aliphatic carbocycles. The maximum absolute atomic E-state index is 10.7. The SMILES string of the molecule is CC(CCCCCCCCCCCCCC(=O)Cl)CCC(=O)Cl. The average molecular weight is 365 g/mol. The molecule has 0 aliphatic rings. The van der Waals surface area contributed by atoms with Crippen molar-refractivity contribution < 1.29 is 9.59 Å². The van der Waals surface area contributed by atoms with Gasteiger partial charge < -0.3 is 0 Å². The Morgan fingerprint density at radius 1 is 0.609 bits per heavy atom. The van der Waals surface area contributed by atoms with Gasteiger partial charge in [0, 0.05) is 12.8 Å². The maximum atomic E-state index is 10.7. The molecule has 0 N–H and O–H groups in total.